The molecule has 0 radical (unpaired) electrons. The van der Waals surface area contributed by atoms with Gasteiger partial charge in [-0.25, -0.2) is 17.9 Å². The zero-order valence-electron chi connectivity index (χ0n) is 7.05. The maximum absolute atomic E-state index is 13.1. The topological polar surface area (TPSA) is 60.2 Å². The number of sulfonamides is 1. The minimum Gasteiger partial charge on any atom is -0.225 e. The Morgan fingerprint density at radius 2 is 1.73 bits per heavy atom. The number of hydrogen-bond acceptors (Lipinski definition) is 2. The molecule has 84 valence electrons. The summed E-state index contributed by atoms with van der Waals surface area (Å²) >= 11 is 0. The van der Waals surface area contributed by atoms with Crippen molar-refractivity contribution < 1.29 is 26.0 Å². The molecule has 0 saturated heterocycles. The minimum absolute atomic E-state index is 0.435. The zero-order valence-corrected chi connectivity index (χ0v) is 7.86. The van der Waals surface area contributed by atoms with E-state index in [9.17, 15) is 26.0 Å². The first-order chi connectivity index (χ1) is 6.64. The van der Waals surface area contributed by atoms with Gasteiger partial charge in [-0.3, -0.25) is 0 Å². The Hall–Kier alpha value is -1.15. The molecule has 0 unspecified atom stereocenters. The molecule has 1 rings (SSSR count). The molecular weight excluding hydrogens is 238 g/mol. The Morgan fingerprint density at radius 1 is 1.20 bits per heavy atom. The first-order valence-electron chi connectivity index (χ1n) is 3.52. The summed E-state index contributed by atoms with van der Waals surface area (Å²) in [5.41, 5.74) is -1.66. The van der Waals surface area contributed by atoms with E-state index < -0.39 is 32.5 Å². The number of alkyl halides is 3. The second kappa shape index (κ2) is 3.46. The van der Waals surface area contributed by atoms with Crippen LogP contribution in [0.2, 0.25) is 0 Å². The van der Waals surface area contributed by atoms with E-state index in [2.05, 4.69) is 5.14 Å². The summed E-state index contributed by atoms with van der Waals surface area (Å²) < 4.78 is 70.9. The smallest absolute Gasteiger partial charge is 0.225 e. The van der Waals surface area contributed by atoms with Gasteiger partial charge in [0.15, 0.2) is 5.82 Å². The first-order valence-corrected chi connectivity index (χ1v) is 5.07. The monoisotopic (exact) mass is 243 g/mol. The molecule has 2 N–H and O–H groups in total. The lowest BCUT2D eigenvalue weighted by molar-refractivity contribution is -0.140. The molecule has 15 heavy (non-hydrogen) atoms. The molecule has 0 aliphatic rings. The molecule has 0 spiro atoms. The fourth-order valence-electron chi connectivity index (χ4n) is 0.949. The van der Waals surface area contributed by atoms with E-state index in [-0.39, 0.29) is 0 Å². The van der Waals surface area contributed by atoms with E-state index in [1.54, 1.807) is 0 Å². The third-order valence-corrected chi connectivity index (χ3v) is 2.50. The third kappa shape index (κ3) is 2.45. The fraction of sp³-hybridized carbons (Fsp3) is 0.143. The molecule has 0 aliphatic heterocycles. The van der Waals surface area contributed by atoms with Crippen LogP contribution in [0.4, 0.5) is 17.6 Å². The van der Waals surface area contributed by atoms with Gasteiger partial charge in [-0.15, -0.1) is 0 Å². The average Bonchev–Trinajstić information content (AvgIpc) is 1.99. The zero-order chi connectivity index (χ0) is 11.9. The van der Waals surface area contributed by atoms with Crippen molar-refractivity contribution in [1.82, 2.24) is 0 Å². The van der Waals surface area contributed by atoms with Crippen molar-refractivity contribution in [3.8, 4) is 0 Å². The highest BCUT2D eigenvalue weighted by Gasteiger charge is 2.36. The molecule has 0 aromatic heterocycles. The van der Waals surface area contributed by atoms with Gasteiger partial charge in [0.2, 0.25) is 10.0 Å². The van der Waals surface area contributed by atoms with Crippen LogP contribution in [0.3, 0.4) is 0 Å². The van der Waals surface area contributed by atoms with Crippen molar-refractivity contribution in [3.63, 3.8) is 0 Å². The van der Waals surface area contributed by atoms with Crippen molar-refractivity contribution in [2.24, 2.45) is 5.14 Å². The summed E-state index contributed by atoms with van der Waals surface area (Å²) in [4.78, 5) is -1.17. The van der Waals surface area contributed by atoms with Gasteiger partial charge in [-0.05, 0) is 12.1 Å². The van der Waals surface area contributed by atoms with E-state index in [4.69, 9.17) is 0 Å². The lowest BCUT2D eigenvalue weighted by Crippen LogP contribution is -2.17. The van der Waals surface area contributed by atoms with Gasteiger partial charge in [0, 0.05) is 0 Å². The minimum atomic E-state index is -4.95. The van der Waals surface area contributed by atoms with Crippen LogP contribution < -0.4 is 5.14 Å². The second-order valence-corrected chi connectivity index (χ2v) is 4.19. The molecule has 1 aromatic rings. The van der Waals surface area contributed by atoms with Crippen molar-refractivity contribution >= 4 is 10.0 Å². The van der Waals surface area contributed by atoms with Crippen molar-refractivity contribution in [1.29, 1.82) is 0 Å². The lowest BCUT2D eigenvalue weighted by atomic mass is 10.2. The van der Waals surface area contributed by atoms with Crippen LogP contribution in [0.25, 0.3) is 0 Å². The van der Waals surface area contributed by atoms with Gasteiger partial charge < -0.3 is 0 Å². The van der Waals surface area contributed by atoms with Crippen LogP contribution in [-0.2, 0) is 16.2 Å². The van der Waals surface area contributed by atoms with Crippen LogP contribution in [0, 0.1) is 5.82 Å². The number of primary sulfonamides is 1. The van der Waals surface area contributed by atoms with Gasteiger partial charge in [0.1, 0.15) is 4.90 Å². The van der Waals surface area contributed by atoms with E-state index in [1.165, 1.54) is 0 Å². The average molecular weight is 243 g/mol. The number of nitrogens with two attached hydrogens (primary N) is 1. The van der Waals surface area contributed by atoms with Crippen LogP contribution in [0.15, 0.2) is 23.1 Å². The molecule has 0 saturated carbocycles. The Kier molecular flexibility index (Phi) is 2.75. The van der Waals surface area contributed by atoms with Gasteiger partial charge >= 0.3 is 6.18 Å². The largest absolute Gasteiger partial charge is 0.419 e. The molecule has 0 heterocycles. The summed E-state index contributed by atoms with van der Waals surface area (Å²) in [5.74, 6) is -1.88. The highest BCUT2D eigenvalue weighted by molar-refractivity contribution is 7.89. The van der Waals surface area contributed by atoms with Crippen molar-refractivity contribution in [2.45, 2.75) is 11.1 Å². The number of benzene rings is 1. The summed E-state index contributed by atoms with van der Waals surface area (Å²) in [5, 5.41) is 4.53. The van der Waals surface area contributed by atoms with Gasteiger partial charge in [0.25, 0.3) is 0 Å². The Balaban J connectivity index is 3.51. The number of rotatable bonds is 1. The van der Waals surface area contributed by atoms with Crippen LogP contribution >= 0.6 is 0 Å². The third-order valence-electron chi connectivity index (χ3n) is 1.58. The van der Waals surface area contributed by atoms with Gasteiger partial charge in [-0.2, -0.15) is 13.2 Å². The molecule has 3 nitrogen and oxygen atoms in total. The second-order valence-electron chi connectivity index (χ2n) is 2.66. The summed E-state index contributed by atoms with van der Waals surface area (Å²) in [6.45, 7) is 0. The standard InChI is InChI=1S/C7H5F4NO2S/c8-6-4(7(9,10)11)2-1-3-5(6)15(12,13)14/h1-3H,(H2,12,13,14). The van der Waals surface area contributed by atoms with Crippen LogP contribution in [0.5, 0.6) is 0 Å². The normalized spacial score (nSPS) is 12.9. The number of hydrogen-bond donors (Lipinski definition) is 1. The SMILES string of the molecule is NS(=O)(=O)c1cccc(C(F)(F)F)c1F. The van der Waals surface area contributed by atoms with Crippen LogP contribution in [0.1, 0.15) is 5.56 Å². The molecule has 0 bridgehead atoms. The van der Waals surface area contributed by atoms with Crippen molar-refractivity contribution in [3.05, 3.63) is 29.6 Å². The Bertz CT molecular complexity index is 480. The van der Waals surface area contributed by atoms with E-state index in [0.29, 0.717) is 12.1 Å². The van der Waals surface area contributed by atoms with E-state index >= 15 is 0 Å². The molecule has 0 fully saturated rings. The fourth-order valence-corrected chi connectivity index (χ4v) is 1.58. The molecule has 1 aromatic carbocycles. The Morgan fingerprint density at radius 3 is 2.13 bits per heavy atom. The number of halogens is 4. The van der Waals surface area contributed by atoms with E-state index in [1.807, 2.05) is 0 Å². The summed E-state index contributed by atoms with van der Waals surface area (Å²) in [6, 6.07) is 1.87. The maximum Gasteiger partial charge on any atom is 0.419 e. The van der Waals surface area contributed by atoms with Crippen molar-refractivity contribution in [2.75, 3.05) is 0 Å². The van der Waals surface area contributed by atoms with Gasteiger partial charge in [0.05, 0.1) is 5.56 Å². The van der Waals surface area contributed by atoms with E-state index in [0.717, 1.165) is 6.07 Å². The highest BCUT2D eigenvalue weighted by Crippen LogP contribution is 2.33. The molecule has 0 atom stereocenters. The molecular formula is C7H5F4NO2S. The summed E-state index contributed by atoms with van der Waals surface area (Å²) in [7, 11) is -4.49. The highest BCUT2D eigenvalue weighted by atomic mass is 32.2. The molecule has 0 aliphatic carbocycles. The predicted molar refractivity (Wildman–Crippen MR) is 42.8 cm³/mol. The lowest BCUT2D eigenvalue weighted by Gasteiger charge is -2.09. The molecule has 8 heteroatoms. The Labute approximate surface area is 82.6 Å². The maximum atomic E-state index is 13.1. The molecule has 0 amide bonds. The van der Waals surface area contributed by atoms with Crippen LogP contribution in [-0.4, -0.2) is 8.42 Å². The predicted octanol–water partition coefficient (Wildman–Crippen LogP) is 1.49. The van der Waals surface area contributed by atoms with Gasteiger partial charge in [-0.1, -0.05) is 6.07 Å². The summed E-state index contributed by atoms with van der Waals surface area (Å²) in [6.07, 6.45) is -4.95. The quantitative estimate of drug-likeness (QED) is 0.759. The first kappa shape index (κ1) is 11.9.